The summed E-state index contributed by atoms with van der Waals surface area (Å²) in [5.41, 5.74) is 3.88. The van der Waals surface area contributed by atoms with E-state index in [4.69, 9.17) is 0 Å². The van der Waals surface area contributed by atoms with Gasteiger partial charge in [-0.3, -0.25) is 0 Å². The molecule has 0 aliphatic carbocycles. The maximum Gasteiger partial charge on any atom is 0.133 e. The van der Waals surface area contributed by atoms with E-state index in [-0.39, 0.29) is 21.7 Å². The highest BCUT2D eigenvalue weighted by Gasteiger charge is 2.28. The number of phenols is 2. The van der Waals surface area contributed by atoms with Gasteiger partial charge >= 0.3 is 0 Å². The Morgan fingerprint density at radius 3 is 1.08 bits per heavy atom. The largest absolute Gasteiger partial charge is 0.506 e. The number of benzene rings is 4. The summed E-state index contributed by atoms with van der Waals surface area (Å²) in [5.74, 6) is 0.590. The summed E-state index contributed by atoms with van der Waals surface area (Å²) in [6.07, 6.45) is 0. The van der Waals surface area contributed by atoms with Crippen molar-refractivity contribution in [2.24, 2.45) is 0 Å². The quantitative estimate of drug-likeness (QED) is 0.265. The van der Waals surface area contributed by atoms with E-state index in [1.165, 1.54) is 22.9 Å². The van der Waals surface area contributed by atoms with Gasteiger partial charge in [-0.25, -0.2) is 0 Å². The minimum absolute atomic E-state index is 0.0154. The Balaban J connectivity index is 2.07. The van der Waals surface area contributed by atoms with Crippen molar-refractivity contribution >= 4 is 33.3 Å². The summed E-state index contributed by atoms with van der Waals surface area (Å²) >= 11 is 1.49. The van der Waals surface area contributed by atoms with Crippen LogP contribution in [0.15, 0.2) is 58.3 Å². The van der Waals surface area contributed by atoms with Gasteiger partial charge in [0.1, 0.15) is 11.5 Å². The fourth-order valence-corrected chi connectivity index (χ4v) is 6.32. The third kappa shape index (κ3) is 5.66. The molecule has 4 aromatic rings. The van der Waals surface area contributed by atoms with E-state index in [0.29, 0.717) is 11.5 Å². The summed E-state index contributed by atoms with van der Waals surface area (Å²) in [7, 11) is 0. The van der Waals surface area contributed by atoms with Gasteiger partial charge in [-0.05, 0) is 66.5 Å². The second-order valence-corrected chi connectivity index (χ2v) is 16.2. The fraction of sp³-hybridized carbons (Fsp3) is 0.444. The lowest BCUT2D eigenvalue weighted by atomic mass is 9.82. The van der Waals surface area contributed by atoms with Crippen molar-refractivity contribution in [2.45, 2.75) is 115 Å². The Morgan fingerprint density at radius 1 is 0.462 bits per heavy atom. The molecule has 0 saturated heterocycles. The molecule has 0 saturated carbocycles. The van der Waals surface area contributed by atoms with Gasteiger partial charge in [0.25, 0.3) is 0 Å². The lowest BCUT2D eigenvalue weighted by Crippen LogP contribution is -2.13. The molecule has 0 bridgehead atoms. The van der Waals surface area contributed by atoms with Crippen LogP contribution < -0.4 is 0 Å². The van der Waals surface area contributed by atoms with Crippen LogP contribution in [0.4, 0.5) is 0 Å². The van der Waals surface area contributed by atoms with Gasteiger partial charge in [0, 0.05) is 11.1 Å². The zero-order chi connectivity index (χ0) is 29.3. The third-order valence-corrected chi connectivity index (χ3v) is 8.92. The number of hydrogen-bond donors (Lipinski definition) is 2. The maximum atomic E-state index is 11.8. The van der Waals surface area contributed by atoms with Gasteiger partial charge in [-0.15, -0.1) is 0 Å². The summed E-state index contributed by atoms with van der Waals surface area (Å²) in [4.78, 5) is 1.58. The molecule has 4 aromatic carbocycles. The summed E-state index contributed by atoms with van der Waals surface area (Å²) in [6, 6.07) is 17.4. The van der Waals surface area contributed by atoms with Crippen LogP contribution in [-0.4, -0.2) is 10.2 Å². The molecule has 0 fully saturated rings. The Kier molecular flexibility index (Phi) is 7.13. The molecule has 0 radical (unpaired) electrons. The van der Waals surface area contributed by atoms with Gasteiger partial charge in [-0.2, -0.15) is 0 Å². The van der Waals surface area contributed by atoms with Gasteiger partial charge in [0.05, 0.1) is 9.79 Å². The van der Waals surface area contributed by atoms with Crippen molar-refractivity contribution in [3.63, 3.8) is 0 Å². The van der Waals surface area contributed by atoms with Crippen LogP contribution in [0.3, 0.4) is 0 Å². The SMILES string of the molecule is CC(C)(C)c1ccc2c(Sc3c(O)c(C(C)(C)C)cc4cc(C(C)(C)C)ccc34)c(O)c(C(C)(C)C)cc2c1. The molecule has 0 amide bonds. The molecule has 0 heterocycles. The van der Waals surface area contributed by atoms with Crippen molar-refractivity contribution in [1.29, 1.82) is 0 Å². The monoisotopic (exact) mass is 542 g/mol. The normalized spacial score (nSPS) is 13.4. The molecule has 2 N–H and O–H groups in total. The minimum atomic E-state index is -0.246. The number of phenolic OH excluding ortho intramolecular Hbond substituents is 2. The van der Waals surface area contributed by atoms with Crippen LogP contribution in [0.2, 0.25) is 0 Å². The van der Waals surface area contributed by atoms with Gasteiger partial charge in [-0.1, -0.05) is 131 Å². The summed E-state index contributed by atoms with van der Waals surface area (Å²) < 4.78 is 0. The fourth-order valence-electron chi connectivity index (χ4n) is 5.11. The van der Waals surface area contributed by atoms with Crippen molar-refractivity contribution < 1.29 is 10.2 Å². The molecule has 39 heavy (non-hydrogen) atoms. The lowest BCUT2D eigenvalue weighted by Gasteiger charge is -2.27. The van der Waals surface area contributed by atoms with Crippen LogP contribution in [-0.2, 0) is 21.7 Å². The Morgan fingerprint density at radius 2 is 0.795 bits per heavy atom. The topological polar surface area (TPSA) is 40.5 Å². The third-order valence-electron chi connectivity index (χ3n) is 7.68. The molecule has 2 nitrogen and oxygen atoms in total. The van der Waals surface area contributed by atoms with E-state index in [1.807, 2.05) is 0 Å². The van der Waals surface area contributed by atoms with Gasteiger partial charge in [0.2, 0.25) is 0 Å². The highest BCUT2D eigenvalue weighted by molar-refractivity contribution is 8.00. The van der Waals surface area contributed by atoms with Gasteiger partial charge in [0.15, 0.2) is 0 Å². The predicted molar refractivity (Wildman–Crippen MR) is 170 cm³/mol. The number of fused-ring (bicyclic) bond motifs is 2. The van der Waals surface area contributed by atoms with Crippen molar-refractivity contribution in [3.05, 3.63) is 70.8 Å². The highest BCUT2D eigenvalue weighted by Crippen LogP contribution is 2.51. The van der Waals surface area contributed by atoms with E-state index in [1.54, 1.807) is 0 Å². The second kappa shape index (κ2) is 9.47. The van der Waals surface area contributed by atoms with Crippen molar-refractivity contribution in [3.8, 4) is 11.5 Å². The molecule has 0 spiro atoms. The van der Waals surface area contributed by atoms with E-state index in [0.717, 1.165) is 42.5 Å². The van der Waals surface area contributed by atoms with Crippen molar-refractivity contribution in [2.75, 3.05) is 0 Å². The van der Waals surface area contributed by atoms with Crippen LogP contribution in [0.1, 0.15) is 105 Å². The lowest BCUT2D eigenvalue weighted by molar-refractivity contribution is 0.434. The average molecular weight is 543 g/mol. The first-order chi connectivity index (χ1) is 17.7. The maximum absolute atomic E-state index is 11.8. The number of rotatable bonds is 2. The molecule has 0 atom stereocenters. The summed E-state index contributed by atoms with van der Waals surface area (Å²) in [5, 5.41) is 27.7. The molecule has 0 aliphatic heterocycles. The molecule has 208 valence electrons. The average Bonchev–Trinajstić information content (AvgIpc) is 2.78. The van der Waals surface area contributed by atoms with E-state index in [9.17, 15) is 10.2 Å². The standard InChI is InChI=1S/C36H46O2S/c1-33(2,3)23-13-15-25-21(17-23)19-27(35(7,8)9)29(37)31(25)39-32-26-16-14-24(34(4,5)6)18-22(26)20-28(30(32)38)36(10,11)12/h13-20,37-38H,1-12H3. The minimum Gasteiger partial charge on any atom is -0.506 e. The Labute approximate surface area is 239 Å². The first kappa shape index (κ1) is 29.3. The smallest absolute Gasteiger partial charge is 0.133 e. The van der Waals surface area contributed by atoms with E-state index in [2.05, 4.69) is 132 Å². The first-order valence-corrected chi connectivity index (χ1v) is 14.8. The zero-order valence-corrected chi connectivity index (χ0v) is 26.7. The molecular formula is C36H46O2S. The molecule has 0 aliphatic rings. The molecule has 4 rings (SSSR count). The van der Waals surface area contributed by atoms with Crippen LogP contribution in [0, 0.1) is 0 Å². The van der Waals surface area contributed by atoms with Crippen molar-refractivity contribution in [1.82, 2.24) is 0 Å². The van der Waals surface area contributed by atoms with E-state index >= 15 is 0 Å². The molecular weight excluding hydrogens is 496 g/mol. The van der Waals surface area contributed by atoms with Crippen LogP contribution in [0.25, 0.3) is 21.5 Å². The molecule has 0 aromatic heterocycles. The van der Waals surface area contributed by atoms with Crippen LogP contribution >= 0.6 is 11.8 Å². The highest BCUT2D eigenvalue weighted by atomic mass is 32.2. The van der Waals surface area contributed by atoms with Crippen LogP contribution in [0.5, 0.6) is 11.5 Å². The summed E-state index contributed by atoms with van der Waals surface area (Å²) in [6.45, 7) is 26.2. The molecule has 0 unspecified atom stereocenters. The van der Waals surface area contributed by atoms with Gasteiger partial charge < -0.3 is 10.2 Å². The molecule has 3 heteroatoms. The van der Waals surface area contributed by atoms with E-state index < -0.39 is 0 Å². The number of aromatic hydroxyl groups is 2. The first-order valence-electron chi connectivity index (χ1n) is 14.0. The second-order valence-electron chi connectivity index (χ2n) is 15.2. The zero-order valence-electron chi connectivity index (χ0n) is 25.9. The Bertz CT molecular complexity index is 1450. The Hall–Kier alpha value is -2.65. The predicted octanol–water partition coefficient (Wildman–Crippen LogP) is 10.7. The number of hydrogen-bond acceptors (Lipinski definition) is 3.